The van der Waals surface area contributed by atoms with Crippen LogP contribution < -0.4 is 0 Å². The molecule has 26 heavy (non-hydrogen) atoms. The summed E-state index contributed by atoms with van der Waals surface area (Å²) in [6, 6.07) is 4.20. The Kier molecular flexibility index (Phi) is 4.92. The molecular weight excluding hydrogens is 322 g/mol. The molecular formula is C21H29N5. The summed E-state index contributed by atoms with van der Waals surface area (Å²) in [6.45, 7) is 9.71. The highest BCUT2D eigenvalue weighted by atomic mass is 15.3. The second kappa shape index (κ2) is 7.33. The van der Waals surface area contributed by atoms with Gasteiger partial charge in [0.25, 0.3) is 0 Å². The molecule has 138 valence electrons. The highest BCUT2D eigenvalue weighted by molar-refractivity contribution is 5.27. The normalized spacial score (nSPS) is 20.1. The number of rotatable bonds is 4. The van der Waals surface area contributed by atoms with Crippen LogP contribution in [0.25, 0.3) is 0 Å². The molecule has 0 unspecified atom stereocenters. The average Bonchev–Trinajstić information content (AvgIpc) is 3.14. The summed E-state index contributed by atoms with van der Waals surface area (Å²) in [4.78, 5) is 17.6. The van der Waals surface area contributed by atoms with E-state index in [1.807, 2.05) is 24.8 Å². The number of aromatic amines is 1. The summed E-state index contributed by atoms with van der Waals surface area (Å²) < 4.78 is 0. The first kappa shape index (κ1) is 17.4. The van der Waals surface area contributed by atoms with E-state index in [1.54, 1.807) is 0 Å². The van der Waals surface area contributed by atoms with Crippen LogP contribution in [0.5, 0.6) is 0 Å². The van der Waals surface area contributed by atoms with Crippen LogP contribution in [0.2, 0.25) is 0 Å². The van der Waals surface area contributed by atoms with Gasteiger partial charge >= 0.3 is 0 Å². The van der Waals surface area contributed by atoms with Crippen molar-refractivity contribution < 1.29 is 0 Å². The lowest BCUT2D eigenvalue weighted by Crippen LogP contribution is -2.56. The summed E-state index contributed by atoms with van der Waals surface area (Å²) in [6.07, 6.45) is 11.4. The molecule has 0 amide bonds. The zero-order valence-electron chi connectivity index (χ0n) is 15.9. The fourth-order valence-corrected chi connectivity index (χ4v) is 4.47. The smallest absolute Gasteiger partial charge is 0.0926 e. The van der Waals surface area contributed by atoms with Crippen molar-refractivity contribution >= 4 is 0 Å². The molecule has 0 aromatic carbocycles. The minimum absolute atomic E-state index is 0.0883. The van der Waals surface area contributed by atoms with Gasteiger partial charge in [-0.05, 0) is 38.3 Å². The second-order valence-corrected chi connectivity index (χ2v) is 7.88. The number of allylic oxidation sites excluding steroid dienone is 1. The number of hydrogen-bond donors (Lipinski definition) is 1. The molecule has 5 heteroatoms. The topological polar surface area (TPSA) is 48.1 Å². The molecule has 0 bridgehead atoms. The van der Waals surface area contributed by atoms with Crippen LogP contribution in [0.4, 0.5) is 0 Å². The van der Waals surface area contributed by atoms with Gasteiger partial charge in [0.05, 0.1) is 17.6 Å². The van der Waals surface area contributed by atoms with Gasteiger partial charge < -0.3 is 4.98 Å². The van der Waals surface area contributed by atoms with Gasteiger partial charge in [-0.15, -0.1) is 0 Å². The summed E-state index contributed by atoms with van der Waals surface area (Å²) >= 11 is 0. The van der Waals surface area contributed by atoms with Crippen LogP contribution in [0.1, 0.15) is 43.6 Å². The molecule has 2 aromatic heterocycles. The minimum atomic E-state index is 0.0883. The Hall–Kier alpha value is -1.98. The van der Waals surface area contributed by atoms with E-state index in [2.05, 4.69) is 45.8 Å². The van der Waals surface area contributed by atoms with Gasteiger partial charge in [0, 0.05) is 57.2 Å². The Morgan fingerprint density at radius 3 is 2.85 bits per heavy atom. The fraction of sp³-hybridized carbons (Fsp3) is 0.524. The largest absolute Gasteiger partial charge is 0.348 e. The Labute approximate surface area is 156 Å². The van der Waals surface area contributed by atoms with Crippen LogP contribution in [-0.4, -0.2) is 50.9 Å². The summed E-state index contributed by atoms with van der Waals surface area (Å²) in [5.41, 5.74) is 5.42. The molecule has 2 aromatic rings. The van der Waals surface area contributed by atoms with E-state index in [0.717, 1.165) is 52.0 Å². The Morgan fingerprint density at radius 2 is 2.12 bits per heavy atom. The number of hydrogen-bond acceptors (Lipinski definition) is 4. The van der Waals surface area contributed by atoms with Gasteiger partial charge in [-0.2, -0.15) is 0 Å². The summed E-state index contributed by atoms with van der Waals surface area (Å²) in [5, 5.41) is 0. The molecule has 2 aliphatic heterocycles. The lowest BCUT2D eigenvalue weighted by molar-refractivity contribution is 0.0113. The number of piperidine rings is 1. The van der Waals surface area contributed by atoms with Crippen LogP contribution in [0, 0.1) is 0 Å². The highest BCUT2D eigenvalue weighted by Crippen LogP contribution is 2.42. The van der Waals surface area contributed by atoms with Crippen molar-refractivity contribution in [2.45, 2.75) is 45.2 Å². The van der Waals surface area contributed by atoms with E-state index in [-0.39, 0.29) is 5.54 Å². The van der Waals surface area contributed by atoms with Crippen LogP contribution in [0.3, 0.4) is 0 Å². The molecule has 0 saturated carbocycles. The fourth-order valence-electron chi connectivity index (χ4n) is 4.47. The SMILES string of the molecule is CC(C)=CCN1CCc2[nH]cnc2C12CCN(Cc1cccnc1)CC2. The molecule has 1 N–H and O–H groups in total. The first-order chi connectivity index (χ1) is 12.7. The van der Waals surface area contributed by atoms with E-state index in [0.29, 0.717) is 0 Å². The van der Waals surface area contributed by atoms with Crippen molar-refractivity contribution in [1.82, 2.24) is 24.8 Å². The van der Waals surface area contributed by atoms with Gasteiger partial charge in [0.15, 0.2) is 0 Å². The van der Waals surface area contributed by atoms with Crippen LogP contribution >= 0.6 is 0 Å². The van der Waals surface area contributed by atoms with Crippen molar-refractivity contribution in [2.75, 3.05) is 26.2 Å². The number of fused-ring (bicyclic) bond motifs is 2. The van der Waals surface area contributed by atoms with E-state index in [4.69, 9.17) is 4.98 Å². The predicted octanol–water partition coefficient (Wildman–Crippen LogP) is 3.12. The first-order valence-corrected chi connectivity index (χ1v) is 9.70. The number of nitrogens with zero attached hydrogens (tertiary/aromatic N) is 4. The number of H-pyrrole nitrogens is 1. The Morgan fingerprint density at radius 1 is 1.27 bits per heavy atom. The molecule has 4 heterocycles. The maximum Gasteiger partial charge on any atom is 0.0926 e. The van der Waals surface area contributed by atoms with Gasteiger partial charge in [0.2, 0.25) is 0 Å². The third kappa shape index (κ3) is 3.33. The Balaban J connectivity index is 1.52. The highest BCUT2D eigenvalue weighted by Gasteiger charge is 2.46. The number of aromatic nitrogens is 3. The minimum Gasteiger partial charge on any atom is -0.348 e. The van der Waals surface area contributed by atoms with Gasteiger partial charge in [-0.25, -0.2) is 4.98 Å². The molecule has 0 radical (unpaired) electrons. The zero-order chi connectivity index (χ0) is 18.0. The van der Waals surface area contributed by atoms with Crippen molar-refractivity contribution in [1.29, 1.82) is 0 Å². The van der Waals surface area contributed by atoms with Crippen molar-refractivity contribution in [3.05, 3.63) is 59.5 Å². The second-order valence-electron chi connectivity index (χ2n) is 7.88. The Bertz CT molecular complexity index is 752. The van der Waals surface area contributed by atoms with E-state index in [1.165, 1.54) is 22.5 Å². The number of likely N-dealkylation sites (tertiary alicyclic amines) is 1. The summed E-state index contributed by atoms with van der Waals surface area (Å²) in [5.74, 6) is 0. The van der Waals surface area contributed by atoms with E-state index in [9.17, 15) is 0 Å². The monoisotopic (exact) mass is 351 g/mol. The molecule has 1 saturated heterocycles. The third-order valence-electron chi connectivity index (χ3n) is 5.93. The van der Waals surface area contributed by atoms with Crippen molar-refractivity contribution in [3.8, 4) is 0 Å². The van der Waals surface area contributed by atoms with Crippen LogP contribution in [-0.2, 0) is 18.5 Å². The van der Waals surface area contributed by atoms with Gasteiger partial charge in [-0.1, -0.05) is 17.7 Å². The van der Waals surface area contributed by atoms with Gasteiger partial charge in [-0.3, -0.25) is 14.8 Å². The van der Waals surface area contributed by atoms with Gasteiger partial charge in [0.1, 0.15) is 0 Å². The lowest BCUT2D eigenvalue weighted by Gasteiger charge is -2.50. The van der Waals surface area contributed by atoms with Crippen LogP contribution in [0.15, 0.2) is 42.5 Å². The number of imidazole rings is 1. The maximum atomic E-state index is 4.77. The molecule has 1 fully saturated rings. The molecule has 0 atom stereocenters. The molecule has 5 nitrogen and oxygen atoms in total. The quantitative estimate of drug-likeness (QED) is 0.860. The van der Waals surface area contributed by atoms with Crippen molar-refractivity contribution in [3.63, 3.8) is 0 Å². The first-order valence-electron chi connectivity index (χ1n) is 9.70. The molecule has 4 rings (SSSR count). The standard InChI is InChI=1S/C21H29N5/c1-17(2)5-10-26-11-6-19-20(24-16-23-19)21(26)7-12-25(13-8-21)15-18-4-3-9-22-14-18/h3-5,9,14,16H,6-8,10-13,15H2,1-2H3,(H,23,24). The van der Waals surface area contributed by atoms with Crippen molar-refractivity contribution in [2.24, 2.45) is 0 Å². The number of pyridine rings is 1. The molecule has 0 aliphatic carbocycles. The number of nitrogens with one attached hydrogen (secondary N) is 1. The zero-order valence-corrected chi connectivity index (χ0v) is 15.9. The third-order valence-corrected chi connectivity index (χ3v) is 5.93. The molecule has 1 spiro atoms. The lowest BCUT2D eigenvalue weighted by atomic mass is 9.78. The van der Waals surface area contributed by atoms with E-state index < -0.39 is 0 Å². The maximum absolute atomic E-state index is 4.77. The molecule has 2 aliphatic rings. The summed E-state index contributed by atoms with van der Waals surface area (Å²) in [7, 11) is 0. The predicted molar refractivity (Wildman–Crippen MR) is 104 cm³/mol. The average molecular weight is 351 g/mol. The van der Waals surface area contributed by atoms with E-state index >= 15 is 0 Å².